The van der Waals surface area contributed by atoms with Crippen LogP contribution in [0.15, 0.2) is 72.1 Å². The van der Waals surface area contributed by atoms with Crippen molar-refractivity contribution in [2.24, 2.45) is 0 Å². The Morgan fingerprint density at radius 2 is 1.89 bits per heavy atom. The number of piperazine rings is 1. The monoisotopic (exact) mass is 488 g/mol. The number of nitrogens with one attached hydrogen (secondary N) is 1. The van der Waals surface area contributed by atoms with Gasteiger partial charge in [-0.05, 0) is 54.3 Å². The molecule has 4 aromatic rings. The fraction of sp³-hybridized carbons (Fsp3) is 0.259. The molecule has 5 rings (SSSR count). The van der Waals surface area contributed by atoms with E-state index in [-0.39, 0.29) is 18.0 Å². The Balaban J connectivity index is 1.33. The summed E-state index contributed by atoms with van der Waals surface area (Å²) >= 11 is 1.63. The first-order valence-electron chi connectivity index (χ1n) is 11.6. The molecule has 0 bridgehead atoms. The minimum atomic E-state index is -0.141. The molecule has 1 unspecified atom stereocenters. The van der Waals surface area contributed by atoms with Crippen LogP contribution in [0.1, 0.15) is 23.0 Å². The van der Waals surface area contributed by atoms with E-state index in [1.807, 2.05) is 83.9 Å². The Morgan fingerprint density at radius 3 is 2.66 bits per heavy atom. The van der Waals surface area contributed by atoms with Gasteiger partial charge in [0.15, 0.2) is 0 Å². The molecular formula is C27H28N4O3S. The number of carbonyl (C=O) groups excluding carboxylic acids is 2. The number of anilines is 1. The molecule has 3 heterocycles. The van der Waals surface area contributed by atoms with Gasteiger partial charge in [-0.15, -0.1) is 11.3 Å². The lowest BCUT2D eigenvalue weighted by Crippen LogP contribution is -2.56. The highest BCUT2D eigenvalue weighted by molar-refractivity contribution is 7.16. The molecule has 1 aliphatic heterocycles. The number of rotatable bonds is 5. The van der Waals surface area contributed by atoms with Gasteiger partial charge in [-0.2, -0.15) is 0 Å². The molecule has 180 valence electrons. The van der Waals surface area contributed by atoms with Gasteiger partial charge in [0.25, 0.3) is 5.91 Å². The van der Waals surface area contributed by atoms with Gasteiger partial charge >= 0.3 is 6.03 Å². The Morgan fingerprint density at radius 1 is 1.06 bits per heavy atom. The molecule has 2 aromatic carbocycles. The van der Waals surface area contributed by atoms with Gasteiger partial charge in [-0.25, -0.2) is 4.79 Å². The molecule has 1 saturated heterocycles. The second-order valence-electron chi connectivity index (χ2n) is 8.74. The molecule has 0 saturated carbocycles. The van der Waals surface area contributed by atoms with Crippen molar-refractivity contribution in [3.8, 4) is 5.75 Å². The lowest BCUT2D eigenvalue weighted by atomic mass is 10.1. The first kappa shape index (κ1) is 23.0. The SMILES string of the molecule is COc1cccc(Cn2c(C(=O)N3CCN(C(=O)Nc4ccccc4)C(C)C3)cc3ccsc32)c1. The lowest BCUT2D eigenvalue weighted by molar-refractivity contribution is 0.0583. The summed E-state index contributed by atoms with van der Waals surface area (Å²) in [5.74, 6) is 0.787. The summed E-state index contributed by atoms with van der Waals surface area (Å²) in [5, 5.41) is 6.06. The zero-order chi connectivity index (χ0) is 24.4. The van der Waals surface area contributed by atoms with Crippen LogP contribution >= 0.6 is 11.3 Å². The van der Waals surface area contributed by atoms with E-state index < -0.39 is 0 Å². The highest BCUT2D eigenvalue weighted by Gasteiger charge is 2.32. The maximum absolute atomic E-state index is 13.7. The van der Waals surface area contributed by atoms with Gasteiger partial charge in [0.05, 0.1) is 7.11 Å². The van der Waals surface area contributed by atoms with Crippen molar-refractivity contribution in [1.29, 1.82) is 0 Å². The number of methoxy groups -OCH3 is 1. The third kappa shape index (κ3) is 4.74. The van der Waals surface area contributed by atoms with E-state index in [1.54, 1.807) is 23.3 Å². The van der Waals surface area contributed by atoms with Crippen LogP contribution in [-0.2, 0) is 6.54 Å². The molecule has 0 spiro atoms. The summed E-state index contributed by atoms with van der Waals surface area (Å²) < 4.78 is 7.47. The number of nitrogens with zero attached hydrogens (tertiary/aromatic N) is 3. The Hall–Kier alpha value is -3.78. The van der Waals surface area contributed by atoms with Gasteiger partial charge in [0.2, 0.25) is 0 Å². The predicted octanol–water partition coefficient (Wildman–Crippen LogP) is 5.14. The minimum absolute atomic E-state index is 0.00809. The average Bonchev–Trinajstić information content (AvgIpc) is 3.47. The average molecular weight is 489 g/mol. The van der Waals surface area contributed by atoms with Gasteiger partial charge < -0.3 is 24.4 Å². The molecule has 2 aromatic heterocycles. The van der Waals surface area contributed by atoms with E-state index in [0.29, 0.717) is 31.9 Å². The van der Waals surface area contributed by atoms with Crippen LogP contribution in [-0.4, -0.2) is 59.1 Å². The number of para-hydroxylation sites is 1. The van der Waals surface area contributed by atoms with Crippen LogP contribution in [0.25, 0.3) is 10.2 Å². The van der Waals surface area contributed by atoms with E-state index in [4.69, 9.17) is 4.74 Å². The summed E-state index contributed by atoms with van der Waals surface area (Å²) in [7, 11) is 1.65. The van der Waals surface area contributed by atoms with Crippen molar-refractivity contribution in [3.63, 3.8) is 0 Å². The topological polar surface area (TPSA) is 66.8 Å². The number of ether oxygens (including phenoxy) is 1. The minimum Gasteiger partial charge on any atom is -0.497 e. The van der Waals surface area contributed by atoms with Crippen LogP contribution in [0.2, 0.25) is 0 Å². The first-order valence-corrected chi connectivity index (χ1v) is 12.5. The highest BCUT2D eigenvalue weighted by Crippen LogP contribution is 2.28. The van der Waals surface area contributed by atoms with Crippen molar-refractivity contribution in [2.75, 3.05) is 32.1 Å². The van der Waals surface area contributed by atoms with Crippen molar-refractivity contribution in [1.82, 2.24) is 14.4 Å². The van der Waals surface area contributed by atoms with Crippen LogP contribution in [0, 0.1) is 0 Å². The second kappa shape index (κ2) is 9.84. The zero-order valence-electron chi connectivity index (χ0n) is 19.8. The maximum Gasteiger partial charge on any atom is 0.322 e. The number of urea groups is 1. The molecule has 0 aliphatic carbocycles. The van der Waals surface area contributed by atoms with E-state index in [9.17, 15) is 9.59 Å². The van der Waals surface area contributed by atoms with Gasteiger partial charge in [-0.3, -0.25) is 4.79 Å². The Labute approximate surface area is 208 Å². The van der Waals surface area contributed by atoms with Crippen molar-refractivity contribution < 1.29 is 14.3 Å². The van der Waals surface area contributed by atoms with E-state index >= 15 is 0 Å². The van der Waals surface area contributed by atoms with Crippen LogP contribution in [0.5, 0.6) is 5.75 Å². The molecule has 1 atom stereocenters. The Bertz CT molecular complexity index is 1350. The smallest absolute Gasteiger partial charge is 0.322 e. The van der Waals surface area contributed by atoms with Crippen LogP contribution in [0.4, 0.5) is 10.5 Å². The summed E-state index contributed by atoms with van der Waals surface area (Å²) in [5.41, 5.74) is 2.50. The van der Waals surface area contributed by atoms with E-state index in [2.05, 4.69) is 9.88 Å². The number of benzene rings is 2. The van der Waals surface area contributed by atoms with Gasteiger partial charge in [-0.1, -0.05) is 30.3 Å². The third-order valence-electron chi connectivity index (χ3n) is 6.40. The molecule has 7 nitrogen and oxygen atoms in total. The summed E-state index contributed by atoms with van der Waals surface area (Å²) in [6.07, 6.45) is 0. The molecule has 0 radical (unpaired) electrons. The Kier molecular flexibility index (Phi) is 6.46. The number of aromatic nitrogens is 1. The standard InChI is InChI=1S/C27H28N4O3S/c1-19-17-29(12-13-30(19)27(33)28-22-8-4-3-5-9-22)25(32)24-16-21-11-14-35-26(21)31(24)18-20-7-6-10-23(15-20)34-2/h3-11,14-16,19H,12-13,17-18H2,1-2H3,(H,28,33). The molecule has 3 amide bonds. The molecular weight excluding hydrogens is 460 g/mol. The first-order chi connectivity index (χ1) is 17.0. The third-order valence-corrected chi connectivity index (χ3v) is 7.35. The van der Waals surface area contributed by atoms with Crippen LogP contribution in [0.3, 0.4) is 0 Å². The van der Waals surface area contributed by atoms with Gasteiger partial charge in [0.1, 0.15) is 16.3 Å². The van der Waals surface area contributed by atoms with E-state index in [0.717, 1.165) is 27.2 Å². The van der Waals surface area contributed by atoms with E-state index in [1.165, 1.54) is 0 Å². The normalized spacial score (nSPS) is 15.9. The second-order valence-corrected chi connectivity index (χ2v) is 9.63. The summed E-state index contributed by atoms with van der Waals surface area (Å²) in [6.45, 7) is 4.02. The molecule has 35 heavy (non-hydrogen) atoms. The molecule has 1 N–H and O–H groups in total. The fourth-order valence-electron chi connectivity index (χ4n) is 4.59. The maximum atomic E-state index is 13.7. The summed E-state index contributed by atoms with van der Waals surface area (Å²) in [4.78, 5) is 31.2. The number of thiophene rings is 1. The van der Waals surface area contributed by atoms with Crippen LogP contribution < -0.4 is 10.1 Å². The number of amides is 3. The van der Waals surface area contributed by atoms with Crippen molar-refractivity contribution >= 4 is 39.2 Å². The molecule has 8 heteroatoms. The largest absolute Gasteiger partial charge is 0.497 e. The number of carbonyl (C=O) groups is 2. The zero-order valence-corrected chi connectivity index (χ0v) is 20.6. The molecule has 1 fully saturated rings. The number of fused-ring (bicyclic) bond motifs is 1. The van der Waals surface area contributed by atoms with Crippen molar-refractivity contribution in [3.05, 3.63) is 83.4 Å². The lowest BCUT2D eigenvalue weighted by Gasteiger charge is -2.39. The van der Waals surface area contributed by atoms with Crippen molar-refractivity contribution in [2.45, 2.75) is 19.5 Å². The van der Waals surface area contributed by atoms with Gasteiger partial charge in [0, 0.05) is 43.3 Å². The predicted molar refractivity (Wildman–Crippen MR) is 139 cm³/mol. The quantitative estimate of drug-likeness (QED) is 0.423. The summed E-state index contributed by atoms with van der Waals surface area (Å²) in [6, 6.07) is 21.1. The molecule has 1 aliphatic rings. The number of hydrogen-bond acceptors (Lipinski definition) is 4. The fourth-order valence-corrected chi connectivity index (χ4v) is 5.48. The number of hydrogen-bond donors (Lipinski definition) is 1. The highest BCUT2D eigenvalue weighted by atomic mass is 32.1.